The third kappa shape index (κ3) is 3.65. The molecule has 0 bridgehead atoms. The smallest absolute Gasteiger partial charge is 0.282 e. The molecule has 7 heteroatoms. The van der Waals surface area contributed by atoms with Crippen LogP contribution in [0.25, 0.3) is 5.57 Å². The molecule has 30 heavy (non-hydrogen) atoms. The van der Waals surface area contributed by atoms with Gasteiger partial charge in [-0.3, -0.25) is 9.59 Å². The first kappa shape index (κ1) is 19.7. The van der Waals surface area contributed by atoms with E-state index in [9.17, 15) is 14.0 Å². The van der Waals surface area contributed by atoms with Gasteiger partial charge < -0.3 is 10.1 Å². The number of methoxy groups -OCH3 is 1. The number of hydrogen-bond acceptors (Lipinski definition) is 4. The van der Waals surface area contributed by atoms with E-state index in [2.05, 4.69) is 5.32 Å². The SMILES string of the molecule is COc1ccc(NC2=C(c3ccc(Cl)cc3)C(=O)N(c3cccc(F)c3)C2=O)cc1. The van der Waals surface area contributed by atoms with Crippen molar-refractivity contribution in [1.82, 2.24) is 0 Å². The van der Waals surface area contributed by atoms with Gasteiger partial charge in [0.1, 0.15) is 17.3 Å². The van der Waals surface area contributed by atoms with Gasteiger partial charge in [0.25, 0.3) is 11.8 Å². The summed E-state index contributed by atoms with van der Waals surface area (Å²) in [6.07, 6.45) is 0. The summed E-state index contributed by atoms with van der Waals surface area (Å²) < 4.78 is 18.9. The molecule has 2 amide bonds. The fourth-order valence-electron chi connectivity index (χ4n) is 3.20. The van der Waals surface area contributed by atoms with Crippen LogP contribution in [0, 0.1) is 5.82 Å². The maximum absolute atomic E-state index is 13.7. The summed E-state index contributed by atoms with van der Waals surface area (Å²) in [7, 11) is 1.56. The van der Waals surface area contributed by atoms with Crippen LogP contribution in [0.2, 0.25) is 5.02 Å². The number of anilines is 2. The standard InChI is InChI=1S/C23H16ClFN2O3/c1-30-19-11-9-17(10-12-19)26-21-20(14-5-7-15(24)8-6-14)22(28)27(23(21)29)18-4-2-3-16(25)13-18/h2-13,26H,1H3. The molecule has 3 aromatic rings. The number of nitrogens with one attached hydrogen (secondary N) is 1. The van der Waals surface area contributed by atoms with Crippen molar-refractivity contribution < 1.29 is 18.7 Å². The number of carbonyl (C=O) groups excluding carboxylic acids is 2. The number of carbonyl (C=O) groups is 2. The molecule has 1 N–H and O–H groups in total. The molecule has 0 unspecified atom stereocenters. The van der Waals surface area contributed by atoms with Crippen molar-refractivity contribution in [1.29, 1.82) is 0 Å². The van der Waals surface area contributed by atoms with Crippen LogP contribution < -0.4 is 15.0 Å². The van der Waals surface area contributed by atoms with Crippen LogP contribution in [0.3, 0.4) is 0 Å². The van der Waals surface area contributed by atoms with Gasteiger partial charge in [-0.2, -0.15) is 0 Å². The third-order valence-electron chi connectivity index (χ3n) is 4.64. The van der Waals surface area contributed by atoms with E-state index in [1.807, 2.05) is 0 Å². The third-order valence-corrected chi connectivity index (χ3v) is 4.89. The van der Waals surface area contributed by atoms with Crippen molar-refractivity contribution in [3.8, 4) is 5.75 Å². The van der Waals surface area contributed by atoms with E-state index in [1.165, 1.54) is 18.2 Å². The second kappa shape index (κ2) is 8.00. The Morgan fingerprint density at radius 1 is 0.933 bits per heavy atom. The average molecular weight is 423 g/mol. The molecule has 150 valence electrons. The number of amides is 2. The van der Waals surface area contributed by atoms with Gasteiger partial charge in [0.2, 0.25) is 0 Å². The van der Waals surface area contributed by atoms with E-state index in [0.717, 1.165) is 11.0 Å². The number of hydrogen-bond donors (Lipinski definition) is 1. The maximum atomic E-state index is 13.7. The summed E-state index contributed by atoms with van der Waals surface area (Å²) in [6.45, 7) is 0. The van der Waals surface area contributed by atoms with Crippen LogP contribution >= 0.6 is 11.6 Å². The van der Waals surface area contributed by atoms with Crippen LogP contribution in [-0.4, -0.2) is 18.9 Å². The van der Waals surface area contributed by atoms with Crippen LogP contribution in [0.15, 0.2) is 78.5 Å². The number of halogens is 2. The Morgan fingerprint density at radius 2 is 1.63 bits per heavy atom. The average Bonchev–Trinajstić information content (AvgIpc) is 2.99. The summed E-state index contributed by atoms with van der Waals surface area (Å²) in [5, 5.41) is 3.54. The van der Waals surface area contributed by atoms with Crippen LogP contribution in [0.1, 0.15) is 5.56 Å². The first-order chi connectivity index (χ1) is 14.5. The second-order valence-corrected chi connectivity index (χ2v) is 6.97. The Labute approximate surface area is 177 Å². The van der Waals surface area contributed by atoms with E-state index in [-0.39, 0.29) is 17.0 Å². The minimum Gasteiger partial charge on any atom is -0.497 e. The quantitative estimate of drug-likeness (QED) is 0.595. The lowest BCUT2D eigenvalue weighted by molar-refractivity contribution is -0.120. The first-order valence-corrected chi connectivity index (χ1v) is 9.41. The lowest BCUT2D eigenvalue weighted by atomic mass is 10.0. The Kier molecular flexibility index (Phi) is 5.25. The Hall–Kier alpha value is -3.64. The molecule has 5 nitrogen and oxygen atoms in total. The molecule has 0 radical (unpaired) electrons. The molecule has 1 aliphatic rings. The summed E-state index contributed by atoms with van der Waals surface area (Å²) in [5.74, 6) is -1.02. The highest BCUT2D eigenvalue weighted by atomic mass is 35.5. The Bertz CT molecular complexity index is 1160. The van der Waals surface area contributed by atoms with Crippen molar-refractivity contribution in [3.63, 3.8) is 0 Å². The molecule has 1 aliphatic heterocycles. The molecule has 3 aromatic carbocycles. The monoisotopic (exact) mass is 422 g/mol. The van der Waals surface area contributed by atoms with E-state index in [4.69, 9.17) is 16.3 Å². The molecule has 0 aromatic heterocycles. The predicted molar refractivity (Wildman–Crippen MR) is 114 cm³/mol. The van der Waals surface area contributed by atoms with E-state index >= 15 is 0 Å². The molecule has 0 aliphatic carbocycles. The van der Waals surface area contributed by atoms with Gasteiger partial charge in [0, 0.05) is 10.7 Å². The Balaban J connectivity index is 1.80. The zero-order chi connectivity index (χ0) is 21.3. The van der Waals surface area contributed by atoms with Crippen LogP contribution in [0.4, 0.5) is 15.8 Å². The first-order valence-electron chi connectivity index (χ1n) is 9.03. The number of ether oxygens (including phenoxy) is 1. The van der Waals surface area contributed by atoms with Gasteiger partial charge in [-0.15, -0.1) is 0 Å². The highest BCUT2D eigenvalue weighted by Crippen LogP contribution is 2.34. The lowest BCUT2D eigenvalue weighted by Gasteiger charge is -2.15. The number of imide groups is 1. The second-order valence-electron chi connectivity index (χ2n) is 6.54. The lowest BCUT2D eigenvalue weighted by Crippen LogP contribution is -2.32. The van der Waals surface area contributed by atoms with Crippen molar-refractivity contribution >= 4 is 40.4 Å². The summed E-state index contributed by atoms with van der Waals surface area (Å²) in [5.41, 5.74) is 1.55. The molecule has 0 saturated carbocycles. The molecule has 0 spiro atoms. The normalized spacial score (nSPS) is 13.8. The van der Waals surface area contributed by atoms with Gasteiger partial charge in [-0.1, -0.05) is 29.8 Å². The van der Waals surface area contributed by atoms with E-state index in [0.29, 0.717) is 22.0 Å². The van der Waals surface area contributed by atoms with Crippen molar-refractivity contribution in [3.05, 3.63) is 94.9 Å². The maximum Gasteiger partial charge on any atom is 0.282 e. The largest absolute Gasteiger partial charge is 0.497 e. The van der Waals surface area contributed by atoms with Crippen LogP contribution in [0.5, 0.6) is 5.75 Å². The Morgan fingerprint density at radius 3 is 2.27 bits per heavy atom. The van der Waals surface area contributed by atoms with E-state index in [1.54, 1.807) is 55.6 Å². The summed E-state index contributed by atoms with van der Waals surface area (Å²) in [4.78, 5) is 27.4. The molecule has 0 saturated heterocycles. The summed E-state index contributed by atoms with van der Waals surface area (Å²) >= 11 is 5.97. The minimum absolute atomic E-state index is 0.0942. The minimum atomic E-state index is -0.577. The topological polar surface area (TPSA) is 58.6 Å². The number of benzene rings is 3. The van der Waals surface area contributed by atoms with Crippen molar-refractivity contribution in [2.24, 2.45) is 0 Å². The molecule has 0 fully saturated rings. The molecule has 1 heterocycles. The molecular weight excluding hydrogens is 407 g/mol. The molecule has 4 rings (SSSR count). The van der Waals surface area contributed by atoms with Gasteiger partial charge in [-0.25, -0.2) is 9.29 Å². The van der Waals surface area contributed by atoms with Crippen molar-refractivity contribution in [2.75, 3.05) is 17.3 Å². The zero-order valence-corrected chi connectivity index (χ0v) is 16.6. The number of nitrogens with zero attached hydrogens (tertiary/aromatic N) is 1. The fraction of sp³-hybridized carbons (Fsp3) is 0.0435. The number of rotatable bonds is 5. The van der Waals surface area contributed by atoms with Gasteiger partial charge in [0.15, 0.2) is 0 Å². The fourth-order valence-corrected chi connectivity index (χ4v) is 3.32. The van der Waals surface area contributed by atoms with Gasteiger partial charge >= 0.3 is 0 Å². The zero-order valence-electron chi connectivity index (χ0n) is 15.9. The van der Waals surface area contributed by atoms with Crippen LogP contribution in [-0.2, 0) is 9.59 Å². The molecule has 0 atom stereocenters. The molecular formula is C23H16ClFN2O3. The highest BCUT2D eigenvalue weighted by Gasteiger charge is 2.40. The highest BCUT2D eigenvalue weighted by molar-refractivity contribution is 6.46. The predicted octanol–water partition coefficient (Wildman–Crippen LogP) is 4.88. The van der Waals surface area contributed by atoms with E-state index < -0.39 is 17.6 Å². The summed E-state index contributed by atoms with van der Waals surface area (Å²) in [6, 6.07) is 18.9. The van der Waals surface area contributed by atoms with Gasteiger partial charge in [-0.05, 0) is 60.2 Å². The van der Waals surface area contributed by atoms with Gasteiger partial charge in [0.05, 0.1) is 18.4 Å². The van der Waals surface area contributed by atoms with Crippen molar-refractivity contribution in [2.45, 2.75) is 0 Å².